The predicted octanol–water partition coefficient (Wildman–Crippen LogP) is -1.32. The van der Waals surface area contributed by atoms with Crippen LogP contribution in [0.1, 0.15) is 20.8 Å². The van der Waals surface area contributed by atoms with E-state index in [-0.39, 0.29) is 70.4 Å². The Morgan fingerprint density at radius 3 is 1.54 bits per heavy atom. The Morgan fingerprint density at radius 1 is 0.659 bits per heavy atom. The number of rotatable bonds is 25. The minimum atomic E-state index is -1.23. The van der Waals surface area contributed by atoms with E-state index in [1.165, 1.54) is 33.1 Å². The largest absolute Gasteiger partial charge is 0.460 e. The molecule has 5 atom stereocenters. The summed E-state index contributed by atoms with van der Waals surface area (Å²) in [5, 5.41) is 42.8. The van der Waals surface area contributed by atoms with Gasteiger partial charge in [0.1, 0.15) is 50.8 Å². The summed E-state index contributed by atoms with van der Waals surface area (Å²) in [5.74, 6) is -1.37. The van der Waals surface area contributed by atoms with E-state index in [2.05, 4.69) is 13.2 Å². The van der Waals surface area contributed by atoms with Crippen LogP contribution in [0.5, 0.6) is 0 Å². The number of esters is 2. The highest BCUT2D eigenvalue weighted by Gasteiger charge is 2.26. The van der Waals surface area contributed by atoms with Gasteiger partial charge in [0.2, 0.25) is 0 Å². The number of nitrogens with zero attached hydrogens (tertiary/aromatic N) is 2. The van der Waals surface area contributed by atoms with Crippen molar-refractivity contribution in [3.63, 3.8) is 0 Å². The van der Waals surface area contributed by atoms with Crippen LogP contribution >= 0.6 is 0 Å². The third-order valence-corrected chi connectivity index (χ3v) is 4.82. The Labute approximate surface area is 240 Å². The summed E-state index contributed by atoms with van der Waals surface area (Å²) in [6.45, 7) is 9.68. The average molecular weight is 599 g/mol. The number of hydroxylamine groups is 4. The number of aliphatic hydroxyl groups excluding tert-OH is 4. The number of hydrogen-bond acceptors (Lipinski definition) is 16. The molecule has 0 bridgehead atoms. The molecule has 240 valence electrons. The minimum Gasteiger partial charge on any atom is -0.460 e. The number of methoxy groups -OCH3 is 2. The van der Waals surface area contributed by atoms with Gasteiger partial charge in [-0.3, -0.25) is 0 Å². The van der Waals surface area contributed by atoms with Gasteiger partial charge >= 0.3 is 11.9 Å². The lowest BCUT2D eigenvalue weighted by Gasteiger charge is -2.32. The molecule has 0 aliphatic rings. The van der Waals surface area contributed by atoms with E-state index in [0.717, 1.165) is 5.06 Å². The lowest BCUT2D eigenvalue weighted by Crippen LogP contribution is -2.48. The first-order valence-corrected chi connectivity index (χ1v) is 12.8. The van der Waals surface area contributed by atoms with Crippen molar-refractivity contribution in [2.24, 2.45) is 0 Å². The van der Waals surface area contributed by atoms with Gasteiger partial charge in [-0.2, -0.15) is 5.06 Å². The first-order valence-electron chi connectivity index (χ1n) is 12.8. The molecule has 4 N–H and O–H groups in total. The number of hydrogen-bond donors (Lipinski definition) is 4. The Balaban J connectivity index is 5.44. The predicted molar refractivity (Wildman–Crippen MR) is 141 cm³/mol. The molecule has 0 amide bonds. The third-order valence-electron chi connectivity index (χ3n) is 4.82. The molecule has 16 heteroatoms. The fourth-order valence-electron chi connectivity index (χ4n) is 2.78. The molecule has 0 spiro atoms. The maximum absolute atomic E-state index is 11.7. The maximum Gasteiger partial charge on any atom is 0.333 e. The van der Waals surface area contributed by atoms with E-state index >= 15 is 0 Å². The number of carbonyl (C=O) groups is 2. The van der Waals surface area contributed by atoms with E-state index < -0.39 is 42.4 Å². The number of carbonyl (C=O) groups excluding carboxylic acids is 2. The molecule has 16 nitrogen and oxygen atoms in total. The second-order valence-corrected chi connectivity index (χ2v) is 9.30. The van der Waals surface area contributed by atoms with E-state index in [1.807, 2.05) is 0 Å². The normalized spacial score (nSPS) is 15.3. The molecule has 0 fully saturated rings. The highest BCUT2D eigenvalue weighted by atomic mass is 17.3. The van der Waals surface area contributed by atoms with Crippen molar-refractivity contribution in [2.45, 2.75) is 51.2 Å². The summed E-state index contributed by atoms with van der Waals surface area (Å²) < 4.78 is 19.6. The molecule has 0 aliphatic carbocycles. The third kappa shape index (κ3) is 19.6. The molecular weight excluding hydrogens is 552 g/mol. The molecule has 0 aromatic carbocycles. The lowest BCUT2D eigenvalue weighted by molar-refractivity contribution is -0.460. The summed E-state index contributed by atoms with van der Waals surface area (Å²) in [6, 6.07) is -0.668. The Kier molecular flexibility index (Phi) is 21.4. The van der Waals surface area contributed by atoms with Gasteiger partial charge in [-0.05, 0) is 20.8 Å². The van der Waals surface area contributed by atoms with Crippen LogP contribution in [0.3, 0.4) is 0 Å². The molecule has 0 rings (SSSR count). The fraction of sp³-hybridized carbons (Fsp3) is 0.760. The van der Waals surface area contributed by atoms with Gasteiger partial charge < -0.3 is 39.4 Å². The number of aliphatic hydroxyl groups is 4. The van der Waals surface area contributed by atoms with Gasteiger partial charge in [0.05, 0.1) is 32.3 Å². The molecule has 0 saturated heterocycles. The van der Waals surface area contributed by atoms with Gasteiger partial charge in [-0.25, -0.2) is 19.4 Å². The van der Waals surface area contributed by atoms with Crippen molar-refractivity contribution in [1.82, 2.24) is 10.1 Å². The maximum atomic E-state index is 11.7. The zero-order valence-electron chi connectivity index (χ0n) is 24.4. The van der Waals surface area contributed by atoms with Crippen LogP contribution in [-0.2, 0) is 48.3 Å². The van der Waals surface area contributed by atoms with Gasteiger partial charge in [0.15, 0.2) is 0 Å². The van der Waals surface area contributed by atoms with Crippen molar-refractivity contribution in [3.8, 4) is 0 Å². The first-order chi connectivity index (χ1) is 19.3. The second kappa shape index (κ2) is 22.5. The standard InChI is InChI=1S/C25H46N2O14/c1-17(2)24(32)36-13-20(28)9-26(40-38-15-22(30)11-34-6)8-19(5)27(41-39-16-23(31)12-35-7)10-21(29)14-37-25(33)18(3)4/h19-23,28-31H,1,3,8-16H2,2,4-7H3. The summed E-state index contributed by atoms with van der Waals surface area (Å²) in [6.07, 6.45) is -4.44. The van der Waals surface area contributed by atoms with Crippen molar-refractivity contribution in [3.05, 3.63) is 24.3 Å². The minimum absolute atomic E-state index is 0.0129. The van der Waals surface area contributed by atoms with E-state index in [9.17, 15) is 30.0 Å². The van der Waals surface area contributed by atoms with Crippen molar-refractivity contribution >= 4 is 11.9 Å². The van der Waals surface area contributed by atoms with Crippen LogP contribution in [-0.4, -0.2) is 146 Å². The van der Waals surface area contributed by atoms with E-state index in [0.29, 0.717) is 0 Å². The van der Waals surface area contributed by atoms with Crippen LogP contribution in [0.4, 0.5) is 0 Å². The zero-order chi connectivity index (χ0) is 31.4. The Morgan fingerprint density at radius 2 is 1.10 bits per heavy atom. The summed E-state index contributed by atoms with van der Waals surface area (Å²) in [4.78, 5) is 44.1. The summed E-state index contributed by atoms with van der Waals surface area (Å²) in [5.41, 5.74) is 0.315. The van der Waals surface area contributed by atoms with Crippen LogP contribution in [0.25, 0.3) is 0 Å². The second-order valence-electron chi connectivity index (χ2n) is 9.30. The monoisotopic (exact) mass is 598 g/mol. The topological polar surface area (TPSA) is 195 Å². The quantitative estimate of drug-likeness (QED) is 0.0418. The molecule has 0 radical (unpaired) electrons. The SMILES string of the molecule is C=C(C)C(=O)OCC(O)CN(CC(C)N(CC(O)COC(=O)C(=C)C)OOCC(O)COC)OOCC(O)COC. The molecule has 0 aliphatic heterocycles. The zero-order valence-corrected chi connectivity index (χ0v) is 24.4. The summed E-state index contributed by atoms with van der Waals surface area (Å²) in [7, 11) is 2.81. The van der Waals surface area contributed by atoms with Gasteiger partial charge in [0, 0.05) is 31.9 Å². The van der Waals surface area contributed by atoms with Crippen LogP contribution in [0.2, 0.25) is 0 Å². The van der Waals surface area contributed by atoms with Crippen LogP contribution in [0.15, 0.2) is 24.3 Å². The first kappa shape index (κ1) is 38.9. The van der Waals surface area contributed by atoms with Gasteiger partial charge in [0.25, 0.3) is 0 Å². The van der Waals surface area contributed by atoms with Gasteiger partial charge in [-0.1, -0.05) is 13.2 Å². The van der Waals surface area contributed by atoms with E-state index in [4.69, 9.17) is 38.7 Å². The van der Waals surface area contributed by atoms with Crippen molar-refractivity contribution < 1.29 is 68.7 Å². The molecule has 5 unspecified atom stereocenters. The molecule has 41 heavy (non-hydrogen) atoms. The smallest absolute Gasteiger partial charge is 0.333 e. The Hall–Kier alpha value is -2.06. The number of ether oxygens (including phenoxy) is 4. The molecule has 0 saturated carbocycles. The van der Waals surface area contributed by atoms with Crippen LogP contribution < -0.4 is 0 Å². The highest BCUT2D eigenvalue weighted by molar-refractivity contribution is 5.87. The van der Waals surface area contributed by atoms with Crippen molar-refractivity contribution in [1.29, 1.82) is 0 Å². The lowest BCUT2D eigenvalue weighted by atomic mass is 10.2. The summed E-state index contributed by atoms with van der Waals surface area (Å²) >= 11 is 0. The molecular formula is C25H46N2O14. The highest BCUT2D eigenvalue weighted by Crippen LogP contribution is 2.10. The molecule has 0 aromatic rings. The van der Waals surface area contributed by atoms with Crippen LogP contribution in [0, 0.1) is 0 Å². The van der Waals surface area contributed by atoms with E-state index in [1.54, 1.807) is 6.92 Å². The fourth-order valence-corrected chi connectivity index (χ4v) is 2.78. The molecule has 0 heterocycles. The molecule has 0 aromatic heterocycles. The Bertz CT molecular complexity index is 771. The van der Waals surface area contributed by atoms with Gasteiger partial charge in [-0.15, -0.1) is 15.0 Å². The van der Waals surface area contributed by atoms with Crippen molar-refractivity contribution in [2.75, 3.05) is 73.5 Å². The average Bonchev–Trinajstić information content (AvgIpc) is 2.89.